The second kappa shape index (κ2) is 8.80. The van der Waals surface area contributed by atoms with Crippen LogP contribution in [0.15, 0.2) is 41.1 Å². The average molecular weight is 457 g/mol. The van der Waals surface area contributed by atoms with Gasteiger partial charge in [-0.05, 0) is 38.6 Å². The predicted octanol–water partition coefficient (Wildman–Crippen LogP) is 3.57. The number of oxazole rings is 1. The van der Waals surface area contributed by atoms with Crippen LogP contribution in [-0.2, 0) is 6.54 Å². The molecule has 1 aliphatic heterocycles. The van der Waals surface area contributed by atoms with E-state index in [-0.39, 0.29) is 0 Å². The number of fused-ring (bicyclic) bond motifs is 1. The fraction of sp³-hybridized carbons (Fsp3) is 0.360. The van der Waals surface area contributed by atoms with Crippen molar-refractivity contribution in [2.75, 3.05) is 44.0 Å². The van der Waals surface area contributed by atoms with Gasteiger partial charge in [0.2, 0.25) is 0 Å². The zero-order valence-corrected chi connectivity index (χ0v) is 19.9. The molecular formula is C25H28N8O. The van der Waals surface area contributed by atoms with Crippen molar-refractivity contribution in [1.29, 1.82) is 5.26 Å². The third-order valence-corrected chi connectivity index (χ3v) is 6.62. The first-order valence-corrected chi connectivity index (χ1v) is 11.4. The number of nitrogens with zero attached hydrogens (tertiary/aromatic N) is 7. The van der Waals surface area contributed by atoms with Gasteiger partial charge in [-0.3, -0.25) is 5.10 Å². The molecule has 0 unspecified atom stereocenters. The highest BCUT2D eigenvalue weighted by molar-refractivity contribution is 6.02. The van der Waals surface area contributed by atoms with E-state index in [0.29, 0.717) is 41.1 Å². The molecule has 34 heavy (non-hydrogen) atoms. The van der Waals surface area contributed by atoms with Gasteiger partial charge >= 0.3 is 0 Å². The molecule has 5 rings (SSSR count). The van der Waals surface area contributed by atoms with Crippen LogP contribution < -0.4 is 9.80 Å². The van der Waals surface area contributed by atoms with Crippen LogP contribution in [0.4, 0.5) is 11.7 Å². The number of nitriles is 1. The Kier molecular flexibility index (Phi) is 5.67. The number of hydrogen-bond donors (Lipinski definition) is 1. The molecule has 0 aliphatic carbocycles. The van der Waals surface area contributed by atoms with Gasteiger partial charge in [0, 0.05) is 31.7 Å². The molecule has 0 bridgehead atoms. The Morgan fingerprint density at radius 1 is 1.24 bits per heavy atom. The van der Waals surface area contributed by atoms with E-state index in [0.717, 1.165) is 41.9 Å². The second-order valence-electron chi connectivity index (χ2n) is 9.02. The third kappa shape index (κ3) is 3.76. The fourth-order valence-corrected chi connectivity index (χ4v) is 4.76. The number of aromatic nitrogens is 4. The third-order valence-electron chi connectivity index (χ3n) is 6.62. The topological polar surface area (TPSA) is 101 Å². The van der Waals surface area contributed by atoms with E-state index in [1.54, 1.807) is 0 Å². The summed E-state index contributed by atoms with van der Waals surface area (Å²) in [5.74, 6) is 0.708. The summed E-state index contributed by atoms with van der Waals surface area (Å²) in [7, 11) is 6.13. The highest BCUT2D eigenvalue weighted by Gasteiger charge is 2.32. The van der Waals surface area contributed by atoms with Gasteiger partial charge in [0.1, 0.15) is 23.7 Å². The molecule has 0 saturated carbocycles. The Bertz CT molecular complexity index is 1340. The Morgan fingerprint density at radius 2 is 2.03 bits per heavy atom. The lowest BCUT2D eigenvalue weighted by Gasteiger charge is -2.25. The summed E-state index contributed by atoms with van der Waals surface area (Å²) >= 11 is 0. The zero-order chi connectivity index (χ0) is 23.8. The molecule has 4 aromatic rings. The number of H-pyrrole nitrogens is 1. The number of aromatic amines is 1. The van der Waals surface area contributed by atoms with E-state index in [4.69, 9.17) is 9.40 Å². The molecule has 3 heterocycles. The summed E-state index contributed by atoms with van der Waals surface area (Å²) in [4.78, 5) is 15.5. The van der Waals surface area contributed by atoms with Crippen molar-refractivity contribution in [3.05, 3.63) is 53.6 Å². The lowest BCUT2D eigenvalue weighted by molar-refractivity contribution is 0.315. The van der Waals surface area contributed by atoms with Crippen molar-refractivity contribution in [2.45, 2.75) is 25.9 Å². The molecule has 0 radical (unpaired) electrons. The maximum atomic E-state index is 10.1. The molecule has 1 atom stereocenters. The Morgan fingerprint density at radius 3 is 2.68 bits per heavy atom. The largest absolute Gasteiger partial charge is 0.421 e. The molecule has 9 nitrogen and oxygen atoms in total. The predicted molar refractivity (Wildman–Crippen MR) is 132 cm³/mol. The van der Waals surface area contributed by atoms with Crippen LogP contribution >= 0.6 is 0 Å². The minimum atomic E-state index is 0.442. The minimum Gasteiger partial charge on any atom is -0.421 e. The molecule has 9 heteroatoms. The first-order valence-electron chi connectivity index (χ1n) is 11.4. The molecule has 0 amide bonds. The summed E-state index contributed by atoms with van der Waals surface area (Å²) in [6, 6.07) is 13.5. The van der Waals surface area contributed by atoms with Crippen molar-refractivity contribution < 1.29 is 4.42 Å². The molecular weight excluding hydrogens is 428 g/mol. The summed E-state index contributed by atoms with van der Waals surface area (Å²) in [6.45, 7) is 4.27. The van der Waals surface area contributed by atoms with E-state index in [1.165, 1.54) is 6.33 Å². The maximum absolute atomic E-state index is 10.1. The first kappa shape index (κ1) is 21.9. The van der Waals surface area contributed by atoms with Crippen LogP contribution in [0.5, 0.6) is 0 Å². The van der Waals surface area contributed by atoms with Crippen molar-refractivity contribution in [2.24, 2.45) is 0 Å². The molecule has 1 fully saturated rings. The smallest absolute Gasteiger partial charge is 0.298 e. The van der Waals surface area contributed by atoms with Crippen molar-refractivity contribution in [3.8, 4) is 17.2 Å². The molecule has 1 aliphatic rings. The summed E-state index contributed by atoms with van der Waals surface area (Å²) in [6.07, 6.45) is 2.54. The van der Waals surface area contributed by atoms with Gasteiger partial charge in [0.15, 0.2) is 5.58 Å². The molecule has 1 saturated heterocycles. The van der Waals surface area contributed by atoms with E-state index < -0.39 is 0 Å². The lowest BCUT2D eigenvalue weighted by Crippen LogP contribution is -2.31. The van der Waals surface area contributed by atoms with Gasteiger partial charge in [-0.1, -0.05) is 30.3 Å². The molecule has 2 aromatic carbocycles. The Balaban J connectivity index is 1.71. The van der Waals surface area contributed by atoms with Crippen LogP contribution in [0.3, 0.4) is 0 Å². The molecule has 1 N–H and O–H groups in total. The van der Waals surface area contributed by atoms with Gasteiger partial charge in [-0.15, -0.1) is 0 Å². The quantitative estimate of drug-likeness (QED) is 0.470. The minimum absolute atomic E-state index is 0.442. The summed E-state index contributed by atoms with van der Waals surface area (Å²) in [5, 5.41) is 16.9. The average Bonchev–Trinajstić information content (AvgIpc) is 3.59. The van der Waals surface area contributed by atoms with Gasteiger partial charge in [-0.25, -0.2) is 4.98 Å². The lowest BCUT2D eigenvalue weighted by atomic mass is 9.93. The maximum Gasteiger partial charge on any atom is 0.298 e. The fourth-order valence-electron chi connectivity index (χ4n) is 4.76. The second-order valence-corrected chi connectivity index (χ2v) is 9.02. The first-order chi connectivity index (χ1) is 16.5. The van der Waals surface area contributed by atoms with Crippen molar-refractivity contribution in [3.63, 3.8) is 0 Å². The van der Waals surface area contributed by atoms with E-state index >= 15 is 0 Å². The van der Waals surface area contributed by atoms with Crippen molar-refractivity contribution in [1.82, 2.24) is 25.1 Å². The number of likely N-dealkylation sites (N-methyl/N-ethyl adjacent to an activating group) is 1. The zero-order valence-electron chi connectivity index (χ0n) is 19.9. The SMILES string of the molecule is Cc1c(-c2ccccc2)c(N2CC[C@H](N(C)C)C2)c2oc(N(C)Cc3ncn[nH]3)nc2c1C#N. The van der Waals surface area contributed by atoms with Crippen molar-refractivity contribution >= 4 is 22.8 Å². The van der Waals surface area contributed by atoms with Crippen LogP contribution in [-0.4, -0.2) is 65.3 Å². The Labute approximate surface area is 198 Å². The van der Waals surface area contributed by atoms with Gasteiger partial charge < -0.3 is 19.1 Å². The van der Waals surface area contributed by atoms with Crippen LogP contribution in [0.2, 0.25) is 0 Å². The standard InChI is InChI=1S/C25H28N8O/c1-16-19(12-26)22-24(34-25(29-22)32(4)14-20-27-15-28-30-20)23(21(16)17-8-6-5-7-9-17)33-11-10-18(13-33)31(2)3/h5-9,15,18H,10-11,13-14H2,1-4H3,(H,27,28,30)/t18-/m0/s1. The number of anilines is 2. The van der Waals surface area contributed by atoms with Crippen LogP contribution in [0.25, 0.3) is 22.2 Å². The normalized spacial score (nSPS) is 15.9. The van der Waals surface area contributed by atoms with E-state index in [9.17, 15) is 5.26 Å². The summed E-state index contributed by atoms with van der Waals surface area (Å²) < 4.78 is 6.42. The number of rotatable bonds is 6. The molecule has 2 aromatic heterocycles. The molecule has 0 spiro atoms. The molecule has 174 valence electrons. The number of benzene rings is 2. The number of hydrogen-bond acceptors (Lipinski definition) is 8. The van der Waals surface area contributed by atoms with Gasteiger partial charge in [-0.2, -0.15) is 15.3 Å². The highest BCUT2D eigenvalue weighted by Crippen LogP contribution is 2.45. The summed E-state index contributed by atoms with van der Waals surface area (Å²) in [5.41, 5.74) is 5.82. The monoisotopic (exact) mass is 456 g/mol. The van der Waals surface area contributed by atoms with Crippen LogP contribution in [0, 0.1) is 18.3 Å². The van der Waals surface area contributed by atoms with Crippen LogP contribution in [0.1, 0.15) is 23.4 Å². The van der Waals surface area contributed by atoms with Gasteiger partial charge in [0.25, 0.3) is 6.01 Å². The Hall–Kier alpha value is -3.90. The highest BCUT2D eigenvalue weighted by atomic mass is 16.4. The van der Waals surface area contributed by atoms with Gasteiger partial charge in [0.05, 0.1) is 17.8 Å². The van der Waals surface area contributed by atoms with E-state index in [2.05, 4.69) is 57.3 Å². The number of nitrogens with one attached hydrogen (secondary N) is 1. The van der Waals surface area contributed by atoms with E-state index in [1.807, 2.05) is 37.1 Å².